The van der Waals surface area contributed by atoms with E-state index < -0.39 is 11.9 Å². The van der Waals surface area contributed by atoms with Gasteiger partial charge in [-0.05, 0) is 53.1 Å². The molecule has 0 aliphatic carbocycles. The fourth-order valence-corrected chi connectivity index (χ4v) is 4.38. The maximum atomic E-state index is 12.4. The van der Waals surface area contributed by atoms with Crippen LogP contribution in [0.2, 0.25) is 5.02 Å². The van der Waals surface area contributed by atoms with E-state index in [1.165, 1.54) is 6.08 Å². The third kappa shape index (κ3) is 6.12. The molecule has 6 nitrogen and oxygen atoms in total. The number of fused-ring (bicyclic) bond motifs is 1. The number of rotatable bonds is 7. The Hall–Kier alpha value is -4.99. The number of carbonyl (C=O) groups is 1. The van der Waals surface area contributed by atoms with Gasteiger partial charge in [0.2, 0.25) is 5.88 Å². The highest BCUT2D eigenvalue weighted by Gasteiger charge is 2.31. The Morgan fingerprint density at radius 2 is 1.77 bits per heavy atom. The first-order valence-corrected chi connectivity index (χ1v) is 12.5. The molecule has 1 unspecified atom stereocenters. The van der Waals surface area contributed by atoms with Crippen LogP contribution < -0.4 is 19.9 Å². The van der Waals surface area contributed by atoms with Crippen molar-refractivity contribution in [2.45, 2.75) is 12.5 Å². The zero-order valence-electron chi connectivity index (χ0n) is 20.7. The van der Waals surface area contributed by atoms with Gasteiger partial charge in [0.15, 0.2) is 0 Å². The van der Waals surface area contributed by atoms with Gasteiger partial charge in [-0.2, -0.15) is 5.26 Å². The number of esters is 1. The van der Waals surface area contributed by atoms with Crippen LogP contribution in [0.3, 0.4) is 0 Å². The number of hydrogen-bond donors (Lipinski definition) is 1. The second kappa shape index (κ2) is 11.6. The van der Waals surface area contributed by atoms with Crippen molar-refractivity contribution in [3.8, 4) is 23.3 Å². The number of nitriles is 1. The zero-order valence-corrected chi connectivity index (χ0v) is 21.5. The van der Waals surface area contributed by atoms with Crippen molar-refractivity contribution in [2.75, 3.05) is 0 Å². The van der Waals surface area contributed by atoms with E-state index in [2.05, 4.69) is 6.07 Å². The van der Waals surface area contributed by atoms with Gasteiger partial charge < -0.3 is 19.9 Å². The summed E-state index contributed by atoms with van der Waals surface area (Å²) in [4.78, 5) is 12.4. The van der Waals surface area contributed by atoms with Gasteiger partial charge in [0, 0.05) is 22.7 Å². The van der Waals surface area contributed by atoms with Crippen LogP contribution in [0.1, 0.15) is 28.2 Å². The molecule has 1 aliphatic rings. The SMILES string of the molecule is N#CC1=C(N)Oc2cc(OC(=O)/C=C/c3ccccc3)ccc2C1c1cccc(OCc2ccc(Cl)cc2)c1. The summed E-state index contributed by atoms with van der Waals surface area (Å²) in [5, 5.41) is 10.6. The van der Waals surface area contributed by atoms with Crippen molar-refractivity contribution >= 4 is 23.6 Å². The van der Waals surface area contributed by atoms with Crippen molar-refractivity contribution in [3.63, 3.8) is 0 Å². The Morgan fingerprint density at radius 3 is 2.54 bits per heavy atom. The molecule has 39 heavy (non-hydrogen) atoms. The van der Waals surface area contributed by atoms with Gasteiger partial charge in [-0.1, -0.05) is 72.3 Å². The van der Waals surface area contributed by atoms with E-state index in [1.54, 1.807) is 24.3 Å². The summed E-state index contributed by atoms with van der Waals surface area (Å²) in [6.07, 6.45) is 3.03. The summed E-state index contributed by atoms with van der Waals surface area (Å²) in [6, 6.07) is 31.6. The normalized spacial score (nSPS) is 14.3. The molecule has 0 aromatic heterocycles. The zero-order chi connectivity index (χ0) is 27.2. The molecule has 0 radical (unpaired) electrons. The molecular weight excluding hydrogens is 512 g/mol. The molecule has 0 fully saturated rings. The average Bonchev–Trinajstić information content (AvgIpc) is 2.95. The summed E-state index contributed by atoms with van der Waals surface area (Å²) < 4.78 is 17.2. The Bertz CT molecular complexity index is 1610. The molecule has 0 saturated heterocycles. The molecular formula is C32H23ClN2O4. The second-order valence-electron chi connectivity index (χ2n) is 8.78. The third-order valence-electron chi connectivity index (χ3n) is 6.13. The first-order chi connectivity index (χ1) is 19.0. The Balaban J connectivity index is 1.37. The molecule has 2 N–H and O–H groups in total. The average molecular weight is 535 g/mol. The van der Waals surface area contributed by atoms with Crippen molar-refractivity contribution in [1.82, 2.24) is 0 Å². The number of nitrogens with two attached hydrogens (primary N) is 1. The maximum Gasteiger partial charge on any atom is 0.336 e. The minimum atomic E-state index is -0.530. The molecule has 4 aromatic rings. The van der Waals surface area contributed by atoms with E-state index in [-0.39, 0.29) is 11.5 Å². The summed E-state index contributed by atoms with van der Waals surface area (Å²) in [6.45, 7) is 0.363. The second-order valence-corrected chi connectivity index (χ2v) is 9.21. The van der Waals surface area contributed by atoms with E-state index in [4.69, 9.17) is 31.5 Å². The lowest BCUT2D eigenvalue weighted by Crippen LogP contribution is -2.21. The van der Waals surface area contributed by atoms with Crippen LogP contribution in [0.5, 0.6) is 17.2 Å². The van der Waals surface area contributed by atoms with Gasteiger partial charge in [0.05, 0.1) is 5.92 Å². The van der Waals surface area contributed by atoms with Gasteiger partial charge in [0.25, 0.3) is 0 Å². The predicted molar refractivity (Wildman–Crippen MR) is 149 cm³/mol. The summed E-state index contributed by atoms with van der Waals surface area (Å²) in [7, 11) is 0. The minimum Gasteiger partial charge on any atom is -0.489 e. The highest BCUT2D eigenvalue weighted by Crippen LogP contribution is 2.44. The standard InChI is InChI=1S/C32H23ClN2O4/c33-24-12-9-22(10-13-24)20-37-25-8-4-7-23(17-25)31-27-15-14-26(18-29(27)39-32(35)28(31)19-34)38-30(36)16-11-21-5-2-1-3-6-21/h1-18,31H,20,35H2/b16-11+. The van der Waals surface area contributed by atoms with Crippen LogP contribution in [0.4, 0.5) is 0 Å². The molecule has 4 aromatic carbocycles. The largest absolute Gasteiger partial charge is 0.489 e. The number of ether oxygens (including phenoxy) is 3. The number of allylic oxidation sites excluding steroid dienone is 1. The quantitative estimate of drug-likeness (QED) is 0.160. The minimum absolute atomic E-state index is 0.00469. The van der Waals surface area contributed by atoms with E-state index in [9.17, 15) is 10.1 Å². The van der Waals surface area contributed by atoms with Crippen LogP contribution in [0.15, 0.2) is 115 Å². The molecule has 1 atom stereocenters. The number of carbonyl (C=O) groups excluding carboxylic acids is 1. The summed E-state index contributed by atoms with van der Waals surface area (Å²) in [5.41, 5.74) is 9.82. The number of halogens is 1. The van der Waals surface area contributed by atoms with Gasteiger partial charge in [0.1, 0.15) is 35.5 Å². The molecule has 7 heteroatoms. The fourth-order valence-electron chi connectivity index (χ4n) is 4.25. The van der Waals surface area contributed by atoms with Gasteiger partial charge >= 0.3 is 5.97 Å². The topological polar surface area (TPSA) is 94.6 Å². The molecule has 1 heterocycles. The molecule has 1 aliphatic heterocycles. The molecule has 0 amide bonds. The predicted octanol–water partition coefficient (Wildman–Crippen LogP) is 6.76. The van der Waals surface area contributed by atoms with Crippen LogP contribution in [-0.2, 0) is 11.4 Å². The molecule has 0 spiro atoms. The molecule has 5 rings (SSSR count). The lowest BCUT2D eigenvalue weighted by molar-refractivity contribution is -0.128. The van der Waals surface area contributed by atoms with Crippen LogP contribution in [0, 0.1) is 11.3 Å². The van der Waals surface area contributed by atoms with Crippen molar-refractivity contribution in [3.05, 3.63) is 142 Å². The Labute approximate surface area is 231 Å². The van der Waals surface area contributed by atoms with E-state index >= 15 is 0 Å². The molecule has 0 bridgehead atoms. The Kier molecular flexibility index (Phi) is 7.63. The van der Waals surface area contributed by atoms with E-state index in [0.717, 1.165) is 22.3 Å². The lowest BCUT2D eigenvalue weighted by atomic mass is 9.83. The van der Waals surface area contributed by atoms with Crippen LogP contribution >= 0.6 is 11.6 Å². The van der Waals surface area contributed by atoms with E-state index in [1.807, 2.05) is 78.9 Å². The van der Waals surface area contributed by atoms with Crippen LogP contribution in [-0.4, -0.2) is 5.97 Å². The number of benzene rings is 4. The van der Waals surface area contributed by atoms with Gasteiger partial charge in [-0.3, -0.25) is 0 Å². The maximum absolute atomic E-state index is 12.4. The summed E-state index contributed by atoms with van der Waals surface area (Å²) >= 11 is 5.97. The van der Waals surface area contributed by atoms with Gasteiger partial charge in [-0.25, -0.2) is 4.79 Å². The molecule has 192 valence electrons. The third-order valence-corrected chi connectivity index (χ3v) is 6.38. The summed E-state index contributed by atoms with van der Waals surface area (Å²) in [5.74, 6) is 0.320. The van der Waals surface area contributed by atoms with E-state index in [0.29, 0.717) is 28.9 Å². The highest BCUT2D eigenvalue weighted by atomic mass is 35.5. The fraction of sp³-hybridized carbons (Fsp3) is 0.0625. The highest BCUT2D eigenvalue weighted by molar-refractivity contribution is 6.30. The lowest BCUT2D eigenvalue weighted by Gasteiger charge is -2.27. The molecule has 0 saturated carbocycles. The number of nitrogens with zero attached hydrogens (tertiary/aromatic N) is 1. The number of hydrogen-bond acceptors (Lipinski definition) is 6. The monoisotopic (exact) mass is 534 g/mol. The first kappa shape index (κ1) is 25.7. The van der Waals surface area contributed by atoms with Crippen LogP contribution in [0.25, 0.3) is 6.08 Å². The van der Waals surface area contributed by atoms with Crippen molar-refractivity contribution < 1.29 is 19.0 Å². The van der Waals surface area contributed by atoms with Crippen molar-refractivity contribution in [2.24, 2.45) is 5.73 Å². The Morgan fingerprint density at radius 1 is 0.974 bits per heavy atom. The smallest absolute Gasteiger partial charge is 0.336 e. The van der Waals surface area contributed by atoms with Crippen molar-refractivity contribution in [1.29, 1.82) is 5.26 Å². The first-order valence-electron chi connectivity index (χ1n) is 12.1. The van der Waals surface area contributed by atoms with Gasteiger partial charge in [-0.15, -0.1) is 0 Å².